The summed E-state index contributed by atoms with van der Waals surface area (Å²) in [4.78, 5) is 14.0. The molecule has 1 saturated heterocycles. The number of hydrogen-bond donors (Lipinski definition) is 1. The number of benzene rings is 1. The number of amides is 1. The highest BCUT2D eigenvalue weighted by Crippen LogP contribution is 2.13. The summed E-state index contributed by atoms with van der Waals surface area (Å²) in [5.74, 6) is -0.0548. The average Bonchev–Trinajstić information content (AvgIpc) is 2.46. The van der Waals surface area contributed by atoms with Crippen LogP contribution in [0, 0.1) is 0 Å². The molecule has 1 fully saturated rings. The van der Waals surface area contributed by atoms with E-state index < -0.39 is 10.0 Å². The van der Waals surface area contributed by atoms with Crippen LogP contribution in [0.4, 0.5) is 5.69 Å². The normalized spacial score (nSPS) is 17.0. The van der Waals surface area contributed by atoms with Crippen LogP contribution in [-0.4, -0.2) is 63.0 Å². The lowest BCUT2D eigenvalue weighted by atomic mass is 10.1. The third-order valence-corrected chi connectivity index (χ3v) is 4.72. The lowest BCUT2D eigenvalue weighted by molar-refractivity contribution is 0.0698. The van der Waals surface area contributed by atoms with Gasteiger partial charge in [-0.2, -0.15) is 4.31 Å². The van der Waals surface area contributed by atoms with Crippen LogP contribution in [0.3, 0.4) is 0 Å². The Morgan fingerprint density at radius 1 is 1.10 bits per heavy atom. The molecule has 0 spiro atoms. The van der Waals surface area contributed by atoms with Gasteiger partial charge in [0.1, 0.15) is 0 Å². The van der Waals surface area contributed by atoms with Crippen LogP contribution in [0.15, 0.2) is 24.3 Å². The molecule has 1 N–H and O–H groups in total. The molecule has 6 nitrogen and oxygen atoms in total. The second-order valence-electron chi connectivity index (χ2n) is 4.78. The highest BCUT2D eigenvalue weighted by atomic mass is 32.2. The zero-order chi connectivity index (χ0) is 14.8. The topological polar surface area (TPSA) is 69.7 Å². The molecule has 1 aromatic rings. The minimum absolute atomic E-state index is 0.0548. The van der Waals surface area contributed by atoms with Gasteiger partial charge in [0.2, 0.25) is 10.0 Å². The van der Waals surface area contributed by atoms with Crippen molar-refractivity contribution in [3.63, 3.8) is 0 Å². The number of anilines is 1. The molecule has 110 valence electrons. The number of carbonyl (C=O) groups is 1. The van der Waals surface area contributed by atoms with Gasteiger partial charge in [0.25, 0.3) is 5.91 Å². The highest BCUT2D eigenvalue weighted by molar-refractivity contribution is 7.88. The van der Waals surface area contributed by atoms with Crippen molar-refractivity contribution < 1.29 is 13.2 Å². The largest absolute Gasteiger partial charge is 0.388 e. The standard InChI is InChI=1S/C13H19N3O3S/c1-14-12-5-3-11(4-6-12)13(17)15-7-9-16(10-8-15)20(2,18)19/h3-6,14H,7-10H2,1-2H3. The fourth-order valence-corrected chi connectivity index (χ4v) is 3.01. The lowest BCUT2D eigenvalue weighted by Crippen LogP contribution is -2.50. The number of rotatable bonds is 3. The Hall–Kier alpha value is -1.60. The molecule has 1 aliphatic heterocycles. The van der Waals surface area contributed by atoms with Crippen molar-refractivity contribution in [2.24, 2.45) is 0 Å². The van der Waals surface area contributed by atoms with Crippen LogP contribution in [-0.2, 0) is 10.0 Å². The first-order valence-corrected chi connectivity index (χ1v) is 8.29. The molecule has 20 heavy (non-hydrogen) atoms. The minimum Gasteiger partial charge on any atom is -0.388 e. The van der Waals surface area contributed by atoms with Gasteiger partial charge < -0.3 is 10.2 Å². The van der Waals surface area contributed by atoms with Crippen LogP contribution in [0.5, 0.6) is 0 Å². The molecule has 1 aromatic carbocycles. The Morgan fingerprint density at radius 3 is 2.10 bits per heavy atom. The summed E-state index contributed by atoms with van der Waals surface area (Å²) in [6, 6.07) is 7.24. The molecule has 0 aliphatic carbocycles. The summed E-state index contributed by atoms with van der Waals surface area (Å²) >= 11 is 0. The van der Waals surface area contributed by atoms with Gasteiger partial charge in [-0.25, -0.2) is 8.42 Å². The SMILES string of the molecule is CNc1ccc(C(=O)N2CCN(S(C)(=O)=O)CC2)cc1. The van der Waals surface area contributed by atoms with Gasteiger partial charge in [0.15, 0.2) is 0 Å². The van der Waals surface area contributed by atoms with Gasteiger partial charge in [0.05, 0.1) is 6.26 Å². The average molecular weight is 297 g/mol. The minimum atomic E-state index is -3.16. The van der Waals surface area contributed by atoms with Crippen molar-refractivity contribution in [2.45, 2.75) is 0 Å². The Labute approximate surface area is 119 Å². The third kappa shape index (κ3) is 3.29. The molecule has 2 rings (SSSR count). The van der Waals surface area contributed by atoms with E-state index in [0.717, 1.165) is 5.69 Å². The molecule has 7 heteroatoms. The third-order valence-electron chi connectivity index (χ3n) is 3.42. The van der Waals surface area contributed by atoms with E-state index in [4.69, 9.17) is 0 Å². The molecular weight excluding hydrogens is 278 g/mol. The summed E-state index contributed by atoms with van der Waals surface area (Å²) < 4.78 is 24.2. The maximum Gasteiger partial charge on any atom is 0.253 e. The predicted octanol–water partition coefficient (Wildman–Crippen LogP) is 0.446. The molecule has 0 unspecified atom stereocenters. The van der Waals surface area contributed by atoms with Crippen LogP contribution in [0.25, 0.3) is 0 Å². The number of nitrogens with one attached hydrogen (secondary N) is 1. The molecule has 0 radical (unpaired) electrons. The first-order chi connectivity index (χ1) is 9.41. The van der Waals surface area contributed by atoms with Gasteiger partial charge in [0, 0.05) is 44.5 Å². The Bertz CT molecular complexity index is 575. The van der Waals surface area contributed by atoms with E-state index in [0.29, 0.717) is 31.7 Å². The second kappa shape index (κ2) is 5.80. The summed E-state index contributed by atoms with van der Waals surface area (Å²) in [6.45, 7) is 1.58. The van der Waals surface area contributed by atoms with Crippen molar-refractivity contribution in [1.29, 1.82) is 0 Å². The van der Waals surface area contributed by atoms with Crippen molar-refractivity contribution in [2.75, 3.05) is 44.8 Å². The summed E-state index contributed by atoms with van der Waals surface area (Å²) in [5.41, 5.74) is 1.57. The summed E-state index contributed by atoms with van der Waals surface area (Å²) in [7, 11) is -1.34. The van der Waals surface area contributed by atoms with E-state index >= 15 is 0 Å². The van der Waals surface area contributed by atoms with Crippen LogP contribution in [0.1, 0.15) is 10.4 Å². The zero-order valence-electron chi connectivity index (χ0n) is 11.7. The molecule has 1 amide bonds. The molecular formula is C13H19N3O3S. The summed E-state index contributed by atoms with van der Waals surface area (Å²) in [6.07, 6.45) is 1.20. The maximum absolute atomic E-state index is 12.3. The van der Waals surface area contributed by atoms with Crippen LogP contribution < -0.4 is 5.32 Å². The maximum atomic E-state index is 12.3. The van der Waals surface area contributed by atoms with Crippen LogP contribution >= 0.6 is 0 Å². The molecule has 0 saturated carbocycles. The van der Waals surface area contributed by atoms with E-state index in [-0.39, 0.29) is 5.91 Å². The molecule has 0 atom stereocenters. The smallest absolute Gasteiger partial charge is 0.253 e. The number of hydrogen-bond acceptors (Lipinski definition) is 4. The van der Waals surface area contributed by atoms with Crippen LogP contribution in [0.2, 0.25) is 0 Å². The van der Waals surface area contributed by atoms with Gasteiger partial charge >= 0.3 is 0 Å². The highest BCUT2D eigenvalue weighted by Gasteiger charge is 2.26. The Kier molecular flexibility index (Phi) is 4.29. The number of sulfonamides is 1. The van der Waals surface area contributed by atoms with Crippen molar-refractivity contribution >= 4 is 21.6 Å². The number of nitrogens with zero attached hydrogens (tertiary/aromatic N) is 2. The van der Waals surface area contributed by atoms with Crippen molar-refractivity contribution in [1.82, 2.24) is 9.21 Å². The fraction of sp³-hybridized carbons (Fsp3) is 0.462. The Balaban J connectivity index is 2.01. The van der Waals surface area contributed by atoms with E-state index in [2.05, 4.69) is 5.32 Å². The van der Waals surface area contributed by atoms with Gasteiger partial charge in [-0.1, -0.05) is 0 Å². The van der Waals surface area contributed by atoms with E-state index in [1.54, 1.807) is 17.0 Å². The lowest BCUT2D eigenvalue weighted by Gasteiger charge is -2.33. The quantitative estimate of drug-likeness (QED) is 0.879. The monoisotopic (exact) mass is 297 g/mol. The van der Waals surface area contributed by atoms with Crippen molar-refractivity contribution in [3.05, 3.63) is 29.8 Å². The number of carbonyl (C=O) groups excluding carboxylic acids is 1. The van der Waals surface area contributed by atoms with Gasteiger partial charge in [-0.3, -0.25) is 4.79 Å². The fourth-order valence-electron chi connectivity index (χ4n) is 2.18. The van der Waals surface area contributed by atoms with E-state index in [1.165, 1.54) is 10.6 Å². The second-order valence-corrected chi connectivity index (χ2v) is 6.76. The molecule has 1 heterocycles. The van der Waals surface area contributed by atoms with E-state index in [9.17, 15) is 13.2 Å². The first-order valence-electron chi connectivity index (χ1n) is 6.44. The molecule has 1 aliphatic rings. The predicted molar refractivity (Wildman–Crippen MR) is 78.3 cm³/mol. The first kappa shape index (κ1) is 14.8. The zero-order valence-corrected chi connectivity index (χ0v) is 12.5. The summed E-state index contributed by atoms with van der Waals surface area (Å²) in [5, 5.41) is 3.00. The van der Waals surface area contributed by atoms with Gasteiger partial charge in [-0.05, 0) is 24.3 Å². The molecule has 0 bridgehead atoms. The van der Waals surface area contributed by atoms with E-state index in [1.807, 2.05) is 19.2 Å². The number of piperazine rings is 1. The molecule has 0 aromatic heterocycles. The van der Waals surface area contributed by atoms with Crippen molar-refractivity contribution in [3.8, 4) is 0 Å². The Morgan fingerprint density at radius 2 is 1.65 bits per heavy atom. The van der Waals surface area contributed by atoms with Gasteiger partial charge in [-0.15, -0.1) is 0 Å².